The van der Waals surface area contributed by atoms with E-state index < -0.39 is 11.7 Å². The van der Waals surface area contributed by atoms with Crippen LogP contribution in [0.4, 0.5) is 10.1 Å². The highest BCUT2D eigenvalue weighted by Gasteiger charge is 2.12. The number of aryl methyl sites for hydroxylation is 1. The molecule has 0 aliphatic carbocycles. The van der Waals surface area contributed by atoms with E-state index in [-0.39, 0.29) is 12.3 Å². The fourth-order valence-electron chi connectivity index (χ4n) is 2.78. The third kappa shape index (κ3) is 5.02. The smallest absolute Gasteiger partial charge is 0.262 e. The Morgan fingerprint density at radius 1 is 1.00 bits per heavy atom. The summed E-state index contributed by atoms with van der Waals surface area (Å²) in [6, 6.07) is 20.5. The van der Waals surface area contributed by atoms with Crippen LogP contribution in [-0.4, -0.2) is 32.7 Å². The monoisotopic (exact) mass is 419 g/mol. The van der Waals surface area contributed by atoms with Crippen LogP contribution in [0.3, 0.4) is 0 Å². The summed E-state index contributed by atoms with van der Waals surface area (Å²) in [4.78, 5) is 12.2. The second-order valence-electron chi connectivity index (χ2n) is 6.53. The maximum Gasteiger partial charge on any atom is 0.262 e. The van der Waals surface area contributed by atoms with Crippen molar-refractivity contribution < 1.29 is 18.7 Å². The van der Waals surface area contributed by atoms with Crippen molar-refractivity contribution in [1.82, 2.24) is 20.2 Å². The number of carbonyl (C=O) groups is 1. The highest BCUT2D eigenvalue weighted by molar-refractivity contribution is 5.92. The van der Waals surface area contributed by atoms with Gasteiger partial charge in [-0.3, -0.25) is 4.79 Å². The van der Waals surface area contributed by atoms with Gasteiger partial charge in [-0.25, -0.2) is 4.39 Å². The zero-order chi connectivity index (χ0) is 21.6. The minimum absolute atomic E-state index is 0.134. The van der Waals surface area contributed by atoms with Gasteiger partial charge in [-0.05, 0) is 71.9 Å². The Balaban J connectivity index is 1.34. The number of halogens is 1. The molecule has 0 bridgehead atoms. The van der Waals surface area contributed by atoms with Crippen LogP contribution in [0.2, 0.25) is 0 Å². The lowest BCUT2D eigenvalue weighted by atomic mass is 10.2. The van der Waals surface area contributed by atoms with Crippen molar-refractivity contribution in [3.05, 3.63) is 84.4 Å². The Morgan fingerprint density at radius 3 is 2.42 bits per heavy atom. The fraction of sp³-hybridized carbons (Fsp3) is 0.0909. The number of hydrogen-bond acceptors (Lipinski definition) is 6. The van der Waals surface area contributed by atoms with E-state index in [1.807, 2.05) is 30.3 Å². The Bertz CT molecular complexity index is 1180. The van der Waals surface area contributed by atoms with Crippen LogP contribution in [0.1, 0.15) is 5.82 Å². The summed E-state index contributed by atoms with van der Waals surface area (Å²) >= 11 is 0. The number of para-hydroxylation sites is 1. The van der Waals surface area contributed by atoms with Gasteiger partial charge < -0.3 is 14.8 Å². The van der Waals surface area contributed by atoms with Gasteiger partial charge in [0.15, 0.2) is 12.4 Å². The summed E-state index contributed by atoms with van der Waals surface area (Å²) in [6.45, 7) is 1.43. The van der Waals surface area contributed by atoms with Crippen LogP contribution >= 0.6 is 0 Å². The normalized spacial score (nSPS) is 10.5. The molecule has 0 spiro atoms. The summed E-state index contributed by atoms with van der Waals surface area (Å²) < 4.78 is 26.6. The van der Waals surface area contributed by atoms with E-state index in [1.165, 1.54) is 22.9 Å². The van der Waals surface area contributed by atoms with E-state index in [1.54, 1.807) is 31.2 Å². The molecule has 0 fully saturated rings. The summed E-state index contributed by atoms with van der Waals surface area (Å²) in [5, 5.41) is 13.7. The number of benzene rings is 3. The molecule has 156 valence electrons. The van der Waals surface area contributed by atoms with Crippen LogP contribution in [0.15, 0.2) is 72.8 Å². The van der Waals surface area contributed by atoms with E-state index >= 15 is 0 Å². The first kappa shape index (κ1) is 20.0. The molecule has 0 saturated carbocycles. The quantitative estimate of drug-likeness (QED) is 0.488. The number of carbonyl (C=O) groups excluding carboxylic acids is 1. The van der Waals surface area contributed by atoms with Crippen molar-refractivity contribution in [1.29, 1.82) is 0 Å². The highest BCUT2D eigenvalue weighted by atomic mass is 19.1. The Labute approximate surface area is 177 Å². The lowest BCUT2D eigenvalue weighted by Gasteiger charge is -2.10. The van der Waals surface area contributed by atoms with Gasteiger partial charge in [-0.2, -0.15) is 4.68 Å². The molecule has 1 heterocycles. The Kier molecular flexibility index (Phi) is 5.84. The predicted octanol–water partition coefficient (Wildman–Crippen LogP) is 3.92. The number of rotatable bonds is 7. The Hall–Kier alpha value is -4.27. The minimum atomic E-state index is -0.512. The molecule has 1 aromatic heterocycles. The topological polar surface area (TPSA) is 91.2 Å². The average molecular weight is 419 g/mol. The molecular formula is C22H18FN5O3. The molecule has 0 radical (unpaired) electrons. The summed E-state index contributed by atoms with van der Waals surface area (Å²) in [5.41, 5.74) is 0.529. The molecule has 3 aromatic carbocycles. The van der Waals surface area contributed by atoms with Crippen molar-refractivity contribution in [2.45, 2.75) is 6.92 Å². The van der Waals surface area contributed by atoms with Crippen molar-refractivity contribution in [3.8, 4) is 22.9 Å². The average Bonchev–Trinajstić information content (AvgIpc) is 3.21. The number of nitrogens with one attached hydrogen (secondary N) is 1. The third-order valence-corrected chi connectivity index (χ3v) is 4.26. The molecule has 0 unspecified atom stereocenters. The molecule has 1 N–H and O–H groups in total. The SMILES string of the molecule is Cc1nnnn1-c1cc(NC(=O)COc2ccc(Oc3ccccc3)cc2)ccc1F. The number of ether oxygens (including phenoxy) is 2. The maximum atomic E-state index is 14.1. The number of anilines is 1. The summed E-state index contributed by atoms with van der Waals surface area (Å²) in [6.07, 6.45) is 0. The highest BCUT2D eigenvalue weighted by Crippen LogP contribution is 2.23. The number of aromatic nitrogens is 4. The van der Waals surface area contributed by atoms with Gasteiger partial charge in [0.2, 0.25) is 0 Å². The van der Waals surface area contributed by atoms with Crippen LogP contribution < -0.4 is 14.8 Å². The van der Waals surface area contributed by atoms with E-state index in [4.69, 9.17) is 9.47 Å². The number of nitrogens with zero attached hydrogens (tertiary/aromatic N) is 4. The lowest BCUT2D eigenvalue weighted by Crippen LogP contribution is -2.20. The van der Waals surface area contributed by atoms with Crippen LogP contribution in [0.25, 0.3) is 5.69 Å². The molecule has 0 saturated heterocycles. The van der Waals surface area contributed by atoms with Gasteiger partial charge in [0, 0.05) is 5.69 Å². The zero-order valence-electron chi connectivity index (χ0n) is 16.5. The molecule has 0 atom stereocenters. The number of amides is 1. The van der Waals surface area contributed by atoms with Gasteiger partial charge >= 0.3 is 0 Å². The number of tetrazole rings is 1. The molecule has 4 rings (SSSR count). The van der Waals surface area contributed by atoms with Gasteiger partial charge in [-0.15, -0.1) is 5.10 Å². The molecular weight excluding hydrogens is 401 g/mol. The van der Waals surface area contributed by atoms with Crippen molar-refractivity contribution in [2.24, 2.45) is 0 Å². The fourth-order valence-corrected chi connectivity index (χ4v) is 2.78. The van der Waals surface area contributed by atoms with E-state index in [0.29, 0.717) is 23.0 Å². The molecule has 31 heavy (non-hydrogen) atoms. The minimum Gasteiger partial charge on any atom is -0.484 e. The lowest BCUT2D eigenvalue weighted by molar-refractivity contribution is -0.118. The summed E-state index contributed by atoms with van der Waals surface area (Å²) in [5.74, 6) is 1.41. The van der Waals surface area contributed by atoms with Crippen molar-refractivity contribution in [2.75, 3.05) is 11.9 Å². The second-order valence-corrected chi connectivity index (χ2v) is 6.53. The molecule has 0 aliphatic rings. The maximum absolute atomic E-state index is 14.1. The first-order valence-electron chi connectivity index (χ1n) is 9.39. The predicted molar refractivity (Wildman–Crippen MR) is 111 cm³/mol. The third-order valence-electron chi connectivity index (χ3n) is 4.26. The molecule has 0 aliphatic heterocycles. The van der Waals surface area contributed by atoms with Crippen LogP contribution in [0, 0.1) is 12.7 Å². The van der Waals surface area contributed by atoms with Crippen LogP contribution in [0.5, 0.6) is 17.2 Å². The van der Waals surface area contributed by atoms with Gasteiger partial charge in [0.25, 0.3) is 5.91 Å². The van der Waals surface area contributed by atoms with Crippen LogP contribution in [-0.2, 0) is 4.79 Å². The number of hydrogen-bond donors (Lipinski definition) is 1. The van der Waals surface area contributed by atoms with Crippen molar-refractivity contribution in [3.63, 3.8) is 0 Å². The van der Waals surface area contributed by atoms with Gasteiger partial charge in [-0.1, -0.05) is 18.2 Å². The molecule has 8 nitrogen and oxygen atoms in total. The first-order chi connectivity index (χ1) is 15.1. The van der Waals surface area contributed by atoms with Gasteiger partial charge in [0.05, 0.1) is 0 Å². The standard InChI is InChI=1S/C22H18FN5O3/c1-15-25-26-27-28(15)21-13-16(7-12-20(21)23)24-22(29)14-30-17-8-10-19(11-9-17)31-18-5-3-2-4-6-18/h2-13H,14H2,1H3,(H,24,29). The largest absolute Gasteiger partial charge is 0.484 e. The van der Waals surface area contributed by atoms with E-state index in [9.17, 15) is 9.18 Å². The second kappa shape index (κ2) is 9.04. The molecule has 1 amide bonds. The molecule has 4 aromatic rings. The van der Waals surface area contributed by atoms with E-state index in [0.717, 1.165) is 5.75 Å². The molecule has 9 heteroatoms. The van der Waals surface area contributed by atoms with Crippen molar-refractivity contribution >= 4 is 11.6 Å². The summed E-state index contributed by atoms with van der Waals surface area (Å²) in [7, 11) is 0. The van der Waals surface area contributed by atoms with E-state index in [2.05, 4.69) is 20.8 Å². The Morgan fingerprint density at radius 2 is 1.71 bits per heavy atom. The first-order valence-corrected chi connectivity index (χ1v) is 9.39. The zero-order valence-corrected chi connectivity index (χ0v) is 16.5. The van der Waals surface area contributed by atoms with Gasteiger partial charge in [0.1, 0.15) is 28.8 Å².